The SMILES string of the molecule is COc1cc(N2C(=O)C[C@@H](c3ccc(F)cc3)c3sc(=O)n(C)c32)cc(OC)c1OC. The van der Waals surface area contributed by atoms with E-state index in [1.54, 1.807) is 31.3 Å². The topological polar surface area (TPSA) is 70.0 Å². The van der Waals surface area contributed by atoms with E-state index in [4.69, 9.17) is 14.2 Å². The lowest BCUT2D eigenvalue weighted by Gasteiger charge is -2.32. The van der Waals surface area contributed by atoms with Crippen molar-refractivity contribution in [1.29, 1.82) is 0 Å². The average Bonchev–Trinajstić information content (AvgIpc) is 3.07. The highest BCUT2D eigenvalue weighted by Crippen LogP contribution is 2.48. The molecule has 31 heavy (non-hydrogen) atoms. The maximum Gasteiger partial charge on any atom is 0.308 e. The Bertz CT molecular complexity index is 1180. The van der Waals surface area contributed by atoms with E-state index in [-0.39, 0.29) is 28.9 Å². The fourth-order valence-corrected chi connectivity index (χ4v) is 4.94. The summed E-state index contributed by atoms with van der Waals surface area (Å²) in [4.78, 5) is 28.0. The van der Waals surface area contributed by atoms with Crippen molar-refractivity contribution >= 4 is 28.7 Å². The van der Waals surface area contributed by atoms with Gasteiger partial charge in [-0.1, -0.05) is 23.5 Å². The van der Waals surface area contributed by atoms with E-state index in [1.807, 2.05) is 0 Å². The molecule has 0 aliphatic carbocycles. The highest BCUT2D eigenvalue weighted by atomic mass is 32.1. The molecule has 7 nitrogen and oxygen atoms in total. The molecule has 1 aromatic heterocycles. The number of methoxy groups -OCH3 is 3. The van der Waals surface area contributed by atoms with Crippen molar-refractivity contribution < 1.29 is 23.4 Å². The van der Waals surface area contributed by atoms with Crippen LogP contribution in [0.4, 0.5) is 15.9 Å². The van der Waals surface area contributed by atoms with E-state index in [9.17, 15) is 14.0 Å². The minimum absolute atomic E-state index is 0.134. The Morgan fingerprint density at radius 1 is 1.00 bits per heavy atom. The molecule has 9 heteroatoms. The molecule has 4 rings (SSSR count). The summed E-state index contributed by atoms with van der Waals surface area (Å²) in [6.07, 6.45) is 0.134. The summed E-state index contributed by atoms with van der Waals surface area (Å²) in [7, 11) is 6.12. The Labute approximate surface area is 182 Å². The molecule has 0 fully saturated rings. The number of benzene rings is 2. The molecule has 1 aliphatic heterocycles. The van der Waals surface area contributed by atoms with Gasteiger partial charge in [-0.25, -0.2) is 4.39 Å². The molecule has 0 spiro atoms. The number of hydrogen-bond donors (Lipinski definition) is 0. The number of amides is 1. The first-order valence-electron chi connectivity index (χ1n) is 9.47. The summed E-state index contributed by atoms with van der Waals surface area (Å²) in [5, 5.41) is 0. The van der Waals surface area contributed by atoms with Gasteiger partial charge in [0, 0.05) is 31.5 Å². The number of ether oxygens (including phenoxy) is 3. The highest BCUT2D eigenvalue weighted by molar-refractivity contribution is 7.10. The lowest BCUT2D eigenvalue weighted by molar-refractivity contribution is -0.118. The summed E-state index contributed by atoms with van der Waals surface area (Å²) in [6.45, 7) is 0. The number of thiazole rings is 1. The Morgan fingerprint density at radius 2 is 1.61 bits per heavy atom. The highest BCUT2D eigenvalue weighted by Gasteiger charge is 2.38. The quantitative estimate of drug-likeness (QED) is 0.599. The van der Waals surface area contributed by atoms with Gasteiger partial charge < -0.3 is 14.2 Å². The van der Waals surface area contributed by atoms with Gasteiger partial charge in [-0.05, 0) is 17.7 Å². The van der Waals surface area contributed by atoms with Crippen molar-refractivity contribution in [2.45, 2.75) is 12.3 Å². The molecular weight excluding hydrogens is 423 g/mol. The van der Waals surface area contributed by atoms with Gasteiger partial charge in [0.15, 0.2) is 11.5 Å². The van der Waals surface area contributed by atoms with Gasteiger partial charge in [0.05, 0.1) is 31.9 Å². The minimum atomic E-state index is -0.355. The molecular formula is C22H21FN2O5S. The molecule has 2 heterocycles. The van der Waals surface area contributed by atoms with Gasteiger partial charge in [0.25, 0.3) is 0 Å². The lowest BCUT2D eigenvalue weighted by atomic mass is 9.90. The van der Waals surface area contributed by atoms with Crippen molar-refractivity contribution in [3.63, 3.8) is 0 Å². The fourth-order valence-electron chi connectivity index (χ4n) is 3.85. The number of carbonyl (C=O) groups is 1. The second kappa shape index (κ2) is 8.07. The molecule has 162 valence electrons. The average molecular weight is 444 g/mol. The van der Waals surface area contributed by atoms with Crippen LogP contribution < -0.4 is 24.0 Å². The van der Waals surface area contributed by atoms with Gasteiger partial charge in [-0.2, -0.15) is 0 Å². The third kappa shape index (κ3) is 3.44. The van der Waals surface area contributed by atoms with Crippen molar-refractivity contribution in [2.75, 3.05) is 26.2 Å². The van der Waals surface area contributed by atoms with E-state index in [0.717, 1.165) is 21.8 Å². The number of rotatable bonds is 5. The molecule has 0 saturated carbocycles. The summed E-state index contributed by atoms with van der Waals surface area (Å²) >= 11 is 1.08. The number of halogens is 1. The van der Waals surface area contributed by atoms with Crippen LogP contribution in [0, 0.1) is 5.82 Å². The van der Waals surface area contributed by atoms with Crippen LogP contribution in [-0.4, -0.2) is 31.8 Å². The largest absolute Gasteiger partial charge is 0.493 e. The standard InChI is InChI=1S/C22H21FN2O5S/c1-24-21-20(31-22(24)27)15(12-5-7-13(23)8-6-12)11-18(26)25(21)14-9-16(28-2)19(30-4)17(10-14)29-3/h5-10,15H,11H2,1-4H3/t15-/m0/s1. The zero-order valence-corrected chi connectivity index (χ0v) is 18.3. The number of hydrogen-bond acceptors (Lipinski definition) is 6. The first-order valence-corrected chi connectivity index (χ1v) is 10.3. The Morgan fingerprint density at radius 3 is 2.16 bits per heavy atom. The van der Waals surface area contributed by atoms with E-state index in [1.165, 1.54) is 42.9 Å². The van der Waals surface area contributed by atoms with Gasteiger partial charge in [0.1, 0.15) is 11.6 Å². The second-order valence-electron chi connectivity index (χ2n) is 7.04. The van der Waals surface area contributed by atoms with Crippen molar-refractivity contribution in [1.82, 2.24) is 4.57 Å². The number of fused-ring (bicyclic) bond motifs is 1. The smallest absolute Gasteiger partial charge is 0.308 e. The maximum absolute atomic E-state index is 13.4. The van der Waals surface area contributed by atoms with Crippen LogP contribution in [0.2, 0.25) is 0 Å². The normalized spacial score (nSPS) is 15.6. The van der Waals surface area contributed by atoms with E-state index in [2.05, 4.69) is 0 Å². The predicted molar refractivity (Wildman–Crippen MR) is 116 cm³/mol. The van der Waals surface area contributed by atoms with Crippen LogP contribution >= 0.6 is 11.3 Å². The van der Waals surface area contributed by atoms with Crippen LogP contribution in [0.3, 0.4) is 0 Å². The zero-order valence-electron chi connectivity index (χ0n) is 17.5. The molecule has 2 aromatic carbocycles. The maximum atomic E-state index is 13.4. The Balaban J connectivity index is 1.90. The van der Waals surface area contributed by atoms with Gasteiger partial charge >= 0.3 is 4.87 Å². The summed E-state index contributed by atoms with van der Waals surface area (Å²) in [6, 6.07) is 9.35. The fraction of sp³-hybridized carbons (Fsp3) is 0.273. The monoisotopic (exact) mass is 444 g/mol. The molecule has 0 radical (unpaired) electrons. The van der Waals surface area contributed by atoms with Crippen LogP contribution in [0.5, 0.6) is 17.2 Å². The van der Waals surface area contributed by atoms with Gasteiger partial charge in [-0.15, -0.1) is 0 Å². The third-order valence-corrected chi connectivity index (χ3v) is 6.48. The molecule has 0 N–H and O–H groups in total. The molecule has 1 aliphatic rings. The summed E-state index contributed by atoms with van der Waals surface area (Å²) < 4.78 is 31.1. The lowest BCUT2D eigenvalue weighted by Crippen LogP contribution is -2.34. The first-order chi connectivity index (χ1) is 14.9. The number of nitrogens with zero attached hydrogens (tertiary/aromatic N) is 2. The molecule has 0 bridgehead atoms. The van der Waals surface area contributed by atoms with Crippen LogP contribution in [0.25, 0.3) is 0 Å². The van der Waals surface area contributed by atoms with E-state index >= 15 is 0 Å². The predicted octanol–water partition coefficient (Wildman–Crippen LogP) is 3.81. The van der Waals surface area contributed by atoms with Crippen molar-refractivity contribution in [3.8, 4) is 17.2 Å². The molecule has 0 saturated heterocycles. The van der Waals surface area contributed by atoms with Gasteiger partial charge in [0.2, 0.25) is 11.7 Å². The first kappa shape index (κ1) is 20.9. The molecule has 3 aromatic rings. The number of carbonyl (C=O) groups excluding carboxylic acids is 1. The molecule has 0 unspecified atom stereocenters. The van der Waals surface area contributed by atoms with Crippen LogP contribution in [0.15, 0.2) is 41.2 Å². The Hall–Kier alpha value is -3.33. The van der Waals surface area contributed by atoms with E-state index in [0.29, 0.717) is 28.8 Å². The van der Waals surface area contributed by atoms with Gasteiger partial charge in [-0.3, -0.25) is 19.1 Å². The zero-order chi connectivity index (χ0) is 22.3. The summed E-state index contributed by atoms with van der Waals surface area (Å²) in [5.74, 6) is 0.784. The van der Waals surface area contributed by atoms with Crippen LogP contribution in [0.1, 0.15) is 22.8 Å². The molecule has 1 amide bonds. The van der Waals surface area contributed by atoms with E-state index < -0.39 is 0 Å². The van der Waals surface area contributed by atoms with Crippen molar-refractivity contribution in [3.05, 3.63) is 62.3 Å². The summed E-state index contributed by atoms with van der Waals surface area (Å²) in [5.41, 5.74) is 1.27. The third-order valence-electron chi connectivity index (χ3n) is 5.35. The minimum Gasteiger partial charge on any atom is -0.493 e. The van der Waals surface area contributed by atoms with Crippen molar-refractivity contribution in [2.24, 2.45) is 7.05 Å². The second-order valence-corrected chi connectivity index (χ2v) is 8.03. The molecule has 1 atom stereocenters. The Kier molecular flexibility index (Phi) is 5.45. The number of anilines is 2. The number of aromatic nitrogens is 1. The van der Waals surface area contributed by atoms with Crippen LogP contribution in [-0.2, 0) is 11.8 Å².